The molecule has 1 aliphatic rings. The largest absolute Gasteiger partial charge is 0.367 e. The zero-order chi connectivity index (χ0) is 13.2. The van der Waals surface area contributed by atoms with E-state index in [1.54, 1.807) is 0 Å². The number of aromatic nitrogens is 2. The van der Waals surface area contributed by atoms with Gasteiger partial charge in [0.15, 0.2) is 0 Å². The highest BCUT2D eigenvalue weighted by Gasteiger charge is 2.17. The van der Waals surface area contributed by atoms with Gasteiger partial charge in [-0.25, -0.2) is 9.97 Å². The first kappa shape index (κ1) is 12.6. The molecule has 0 radical (unpaired) electrons. The van der Waals surface area contributed by atoms with Crippen molar-refractivity contribution >= 4 is 28.3 Å². The second-order valence-electron chi connectivity index (χ2n) is 4.98. The van der Waals surface area contributed by atoms with Gasteiger partial charge in [0.2, 0.25) is 0 Å². The molecule has 0 spiro atoms. The number of nitrogens with two attached hydrogens (primary N) is 1. The molecule has 19 heavy (non-hydrogen) atoms. The summed E-state index contributed by atoms with van der Waals surface area (Å²) in [6, 6.07) is 6.17. The maximum Gasteiger partial charge on any atom is 0.144 e. The quantitative estimate of drug-likeness (QED) is 0.904. The minimum absolute atomic E-state index is 0.345. The van der Waals surface area contributed by atoms with Gasteiger partial charge in [-0.3, -0.25) is 0 Å². The summed E-state index contributed by atoms with van der Waals surface area (Å²) in [7, 11) is 0. The standard InChI is InChI=1S/C14H17ClN4/c15-9-5-6-12-11(7-9)14(19-13(8-16)18-12)17-10-3-1-2-4-10/h5-7,10H,1-4,8,16H2,(H,17,18,19). The van der Waals surface area contributed by atoms with E-state index < -0.39 is 0 Å². The summed E-state index contributed by atoms with van der Waals surface area (Å²) >= 11 is 6.07. The van der Waals surface area contributed by atoms with Crippen LogP contribution in [0.25, 0.3) is 10.9 Å². The van der Waals surface area contributed by atoms with Crippen molar-refractivity contribution in [2.24, 2.45) is 5.73 Å². The van der Waals surface area contributed by atoms with Gasteiger partial charge in [-0.05, 0) is 31.0 Å². The predicted molar refractivity (Wildman–Crippen MR) is 78.3 cm³/mol. The van der Waals surface area contributed by atoms with Gasteiger partial charge in [-0.15, -0.1) is 0 Å². The lowest BCUT2D eigenvalue weighted by Gasteiger charge is -2.15. The molecule has 0 atom stereocenters. The number of halogens is 1. The molecule has 3 rings (SSSR count). The van der Waals surface area contributed by atoms with Crippen molar-refractivity contribution < 1.29 is 0 Å². The van der Waals surface area contributed by atoms with Crippen LogP contribution < -0.4 is 11.1 Å². The Morgan fingerprint density at radius 1 is 1.26 bits per heavy atom. The Balaban J connectivity index is 2.05. The Morgan fingerprint density at radius 3 is 2.79 bits per heavy atom. The van der Waals surface area contributed by atoms with Crippen LogP contribution in [0.15, 0.2) is 18.2 Å². The van der Waals surface area contributed by atoms with Crippen LogP contribution in [-0.4, -0.2) is 16.0 Å². The van der Waals surface area contributed by atoms with Gasteiger partial charge in [0.05, 0.1) is 12.1 Å². The number of hydrogen-bond acceptors (Lipinski definition) is 4. The molecule has 3 N–H and O–H groups in total. The van der Waals surface area contributed by atoms with Crippen LogP contribution in [0, 0.1) is 0 Å². The highest BCUT2D eigenvalue weighted by atomic mass is 35.5. The molecule has 100 valence electrons. The Labute approximate surface area is 117 Å². The van der Waals surface area contributed by atoms with E-state index in [2.05, 4.69) is 15.3 Å². The molecule has 5 heteroatoms. The lowest BCUT2D eigenvalue weighted by molar-refractivity contribution is 0.749. The molecular formula is C14H17ClN4. The topological polar surface area (TPSA) is 63.8 Å². The number of fused-ring (bicyclic) bond motifs is 1. The fraction of sp³-hybridized carbons (Fsp3) is 0.429. The minimum atomic E-state index is 0.345. The van der Waals surface area contributed by atoms with Crippen molar-refractivity contribution in [3.8, 4) is 0 Å². The number of anilines is 1. The van der Waals surface area contributed by atoms with Crippen LogP contribution in [0.1, 0.15) is 31.5 Å². The summed E-state index contributed by atoms with van der Waals surface area (Å²) < 4.78 is 0. The van der Waals surface area contributed by atoms with Gasteiger partial charge in [-0.2, -0.15) is 0 Å². The fourth-order valence-electron chi connectivity index (χ4n) is 2.61. The van der Waals surface area contributed by atoms with Crippen LogP contribution in [0.3, 0.4) is 0 Å². The molecule has 4 nitrogen and oxygen atoms in total. The Bertz CT molecular complexity index is 593. The number of nitrogens with zero attached hydrogens (tertiary/aromatic N) is 2. The highest BCUT2D eigenvalue weighted by molar-refractivity contribution is 6.31. The molecular weight excluding hydrogens is 260 g/mol. The van der Waals surface area contributed by atoms with E-state index in [-0.39, 0.29) is 0 Å². The maximum absolute atomic E-state index is 6.07. The Kier molecular flexibility index (Phi) is 3.53. The molecule has 0 amide bonds. The summed E-state index contributed by atoms with van der Waals surface area (Å²) in [5.74, 6) is 1.52. The van der Waals surface area contributed by atoms with E-state index in [9.17, 15) is 0 Å². The molecule has 1 aliphatic carbocycles. The van der Waals surface area contributed by atoms with Crippen LogP contribution in [0.5, 0.6) is 0 Å². The lowest BCUT2D eigenvalue weighted by Crippen LogP contribution is -2.17. The van der Waals surface area contributed by atoms with E-state index >= 15 is 0 Å². The van der Waals surface area contributed by atoms with Crippen molar-refractivity contribution in [1.29, 1.82) is 0 Å². The average Bonchev–Trinajstić information content (AvgIpc) is 2.92. The van der Waals surface area contributed by atoms with Crippen molar-refractivity contribution in [3.63, 3.8) is 0 Å². The van der Waals surface area contributed by atoms with Crippen LogP contribution in [0.2, 0.25) is 5.02 Å². The van der Waals surface area contributed by atoms with E-state index in [1.165, 1.54) is 25.7 Å². The number of rotatable bonds is 3. The summed E-state index contributed by atoms with van der Waals surface area (Å²) in [5.41, 5.74) is 6.56. The van der Waals surface area contributed by atoms with Crippen molar-refractivity contribution in [1.82, 2.24) is 9.97 Å². The predicted octanol–water partition coefficient (Wildman–Crippen LogP) is 3.10. The molecule has 1 aromatic carbocycles. The van der Waals surface area contributed by atoms with Gasteiger partial charge >= 0.3 is 0 Å². The van der Waals surface area contributed by atoms with Gasteiger partial charge in [0.1, 0.15) is 11.6 Å². The number of benzene rings is 1. The van der Waals surface area contributed by atoms with Crippen LogP contribution in [0.4, 0.5) is 5.82 Å². The summed E-state index contributed by atoms with van der Waals surface area (Å²) in [6.07, 6.45) is 4.96. The van der Waals surface area contributed by atoms with Crippen molar-refractivity contribution in [2.45, 2.75) is 38.3 Å². The average molecular weight is 277 g/mol. The number of hydrogen-bond donors (Lipinski definition) is 2. The number of nitrogens with one attached hydrogen (secondary N) is 1. The summed E-state index contributed by atoms with van der Waals surface area (Å²) in [6.45, 7) is 0.345. The van der Waals surface area contributed by atoms with E-state index in [1.807, 2.05) is 18.2 Å². The summed E-state index contributed by atoms with van der Waals surface area (Å²) in [5, 5.41) is 5.19. The molecule has 0 unspecified atom stereocenters. The highest BCUT2D eigenvalue weighted by Crippen LogP contribution is 2.27. The molecule has 0 bridgehead atoms. The third-order valence-electron chi connectivity index (χ3n) is 3.58. The summed E-state index contributed by atoms with van der Waals surface area (Å²) in [4.78, 5) is 8.95. The maximum atomic E-state index is 6.07. The third kappa shape index (κ3) is 2.65. The van der Waals surface area contributed by atoms with Crippen LogP contribution >= 0.6 is 11.6 Å². The Hall–Kier alpha value is -1.39. The lowest BCUT2D eigenvalue weighted by atomic mass is 10.2. The molecule has 1 heterocycles. The second kappa shape index (κ2) is 5.31. The first-order chi connectivity index (χ1) is 9.26. The molecule has 0 aliphatic heterocycles. The van der Waals surface area contributed by atoms with Crippen LogP contribution in [-0.2, 0) is 6.54 Å². The van der Waals surface area contributed by atoms with Crippen molar-refractivity contribution in [3.05, 3.63) is 29.0 Å². The molecule has 1 saturated carbocycles. The van der Waals surface area contributed by atoms with Gasteiger partial charge in [-0.1, -0.05) is 24.4 Å². The molecule has 0 saturated heterocycles. The van der Waals surface area contributed by atoms with E-state index in [0.29, 0.717) is 23.4 Å². The SMILES string of the molecule is NCc1nc(NC2CCCC2)c2cc(Cl)ccc2n1. The minimum Gasteiger partial charge on any atom is -0.367 e. The smallest absolute Gasteiger partial charge is 0.144 e. The third-order valence-corrected chi connectivity index (χ3v) is 3.82. The Morgan fingerprint density at radius 2 is 2.05 bits per heavy atom. The zero-order valence-corrected chi connectivity index (χ0v) is 11.5. The van der Waals surface area contributed by atoms with Gasteiger partial charge < -0.3 is 11.1 Å². The fourth-order valence-corrected chi connectivity index (χ4v) is 2.79. The second-order valence-corrected chi connectivity index (χ2v) is 5.42. The molecule has 1 fully saturated rings. The first-order valence-corrected chi connectivity index (χ1v) is 7.07. The van der Waals surface area contributed by atoms with E-state index in [0.717, 1.165) is 16.7 Å². The van der Waals surface area contributed by atoms with Gasteiger partial charge in [0, 0.05) is 16.5 Å². The zero-order valence-electron chi connectivity index (χ0n) is 10.7. The monoisotopic (exact) mass is 276 g/mol. The van der Waals surface area contributed by atoms with Gasteiger partial charge in [0.25, 0.3) is 0 Å². The molecule has 2 aromatic rings. The molecule has 1 aromatic heterocycles. The van der Waals surface area contributed by atoms with Crippen molar-refractivity contribution in [2.75, 3.05) is 5.32 Å². The van der Waals surface area contributed by atoms with E-state index in [4.69, 9.17) is 17.3 Å². The first-order valence-electron chi connectivity index (χ1n) is 6.69. The normalized spacial score (nSPS) is 16.1.